The summed E-state index contributed by atoms with van der Waals surface area (Å²) in [4.78, 5) is 0. The Kier molecular flexibility index (Phi) is 5.75. The smallest absolute Gasteiger partial charge is 0.163 e. The van der Waals surface area contributed by atoms with Gasteiger partial charge >= 0.3 is 0 Å². The minimum Gasteiger partial charge on any atom is -0.386 e. The monoisotopic (exact) mass is 306 g/mol. The third kappa shape index (κ3) is 4.92. The summed E-state index contributed by atoms with van der Waals surface area (Å²) < 4.78 is 17.0. The van der Waals surface area contributed by atoms with E-state index in [2.05, 4.69) is 0 Å². The molecule has 0 aromatic heterocycles. The second-order valence-electron chi connectivity index (χ2n) is 6.22. The van der Waals surface area contributed by atoms with Crippen LogP contribution in [0.15, 0.2) is 42.0 Å². The summed E-state index contributed by atoms with van der Waals surface area (Å²) in [5.74, 6) is -0.554. The van der Waals surface area contributed by atoms with Gasteiger partial charge in [-0.15, -0.1) is 0 Å². The first kappa shape index (κ1) is 17.2. The standard InChI is InChI=1S/C18H26O4/c1-13(10-16-12-21-18(3,4)22-16)17(19)14(2)20-11-15-8-6-5-7-9-15/h5-10,14,16-17,19H,11-12H2,1-4H3/b13-10+/t14-,16-,17+/m0/s1. The molecule has 1 aromatic carbocycles. The first-order chi connectivity index (χ1) is 10.4. The maximum absolute atomic E-state index is 10.4. The van der Waals surface area contributed by atoms with Crippen molar-refractivity contribution in [3.05, 3.63) is 47.5 Å². The fraction of sp³-hybridized carbons (Fsp3) is 0.556. The fourth-order valence-corrected chi connectivity index (χ4v) is 2.45. The van der Waals surface area contributed by atoms with E-state index < -0.39 is 11.9 Å². The van der Waals surface area contributed by atoms with Gasteiger partial charge in [-0.1, -0.05) is 36.4 Å². The molecule has 122 valence electrons. The number of aliphatic hydroxyl groups excluding tert-OH is 1. The van der Waals surface area contributed by atoms with Crippen LogP contribution in [0.25, 0.3) is 0 Å². The number of ether oxygens (including phenoxy) is 3. The number of hydrogen-bond acceptors (Lipinski definition) is 4. The van der Waals surface area contributed by atoms with Gasteiger partial charge in [0.15, 0.2) is 5.79 Å². The first-order valence-corrected chi connectivity index (χ1v) is 7.71. The summed E-state index contributed by atoms with van der Waals surface area (Å²) in [6.45, 7) is 8.54. The molecular weight excluding hydrogens is 280 g/mol. The van der Waals surface area contributed by atoms with Gasteiger partial charge in [0, 0.05) is 0 Å². The number of rotatable bonds is 6. The zero-order valence-corrected chi connectivity index (χ0v) is 13.8. The van der Waals surface area contributed by atoms with Crippen molar-refractivity contribution in [2.75, 3.05) is 6.61 Å². The van der Waals surface area contributed by atoms with Crippen molar-refractivity contribution in [1.82, 2.24) is 0 Å². The van der Waals surface area contributed by atoms with E-state index in [1.54, 1.807) is 0 Å². The van der Waals surface area contributed by atoms with Crippen molar-refractivity contribution in [3.63, 3.8) is 0 Å². The van der Waals surface area contributed by atoms with Crippen LogP contribution < -0.4 is 0 Å². The third-order valence-corrected chi connectivity index (χ3v) is 3.75. The second-order valence-corrected chi connectivity index (χ2v) is 6.22. The molecule has 1 saturated heterocycles. The van der Waals surface area contributed by atoms with Crippen LogP contribution in [-0.2, 0) is 20.8 Å². The number of aliphatic hydroxyl groups is 1. The summed E-state index contributed by atoms with van der Waals surface area (Å²) in [5, 5.41) is 10.4. The highest BCUT2D eigenvalue weighted by atomic mass is 16.7. The highest BCUT2D eigenvalue weighted by Gasteiger charge is 2.32. The van der Waals surface area contributed by atoms with E-state index in [-0.39, 0.29) is 12.2 Å². The Bertz CT molecular complexity index is 495. The van der Waals surface area contributed by atoms with Crippen LogP contribution >= 0.6 is 0 Å². The van der Waals surface area contributed by atoms with E-state index in [1.165, 1.54) is 0 Å². The predicted molar refractivity (Wildman–Crippen MR) is 85.4 cm³/mol. The van der Waals surface area contributed by atoms with Crippen molar-refractivity contribution in [2.24, 2.45) is 0 Å². The molecule has 4 nitrogen and oxygen atoms in total. The topological polar surface area (TPSA) is 47.9 Å². The van der Waals surface area contributed by atoms with Gasteiger partial charge in [-0.05, 0) is 38.8 Å². The SMILES string of the molecule is C/C(=C\[C@H]1COC(C)(C)O1)[C@@H](O)[C@H](C)OCc1ccccc1. The zero-order valence-electron chi connectivity index (χ0n) is 13.8. The lowest BCUT2D eigenvalue weighted by molar-refractivity contribution is -0.133. The molecule has 2 rings (SSSR count). The molecule has 3 atom stereocenters. The Morgan fingerprint density at radius 3 is 2.68 bits per heavy atom. The van der Waals surface area contributed by atoms with E-state index in [1.807, 2.05) is 64.1 Å². The molecule has 1 fully saturated rings. The molecule has 1 aliphatic heterocycles. The summed E-state index contributed by atoms with van der Waals surface area (Å²) in [7, 11) is 0. The van der Waals surface area contributed by atoms with Crippen molar-refractivity contribution in [2.45, 2.75) is 58.4 Å². The van der Waals surface area contributed by atoms with Gasteiger partial charge in [-0.25, -0.2) is 0 Å². The van der Waals surface area contributed by atoms with Gasteiger partial charge in [0.1, 0.15) is 12.2 Å². The van der Waals surface area contributed by atoms with E-state index in [0.29, 0.717) is 13.2 Å². The number of benzene rings is 1. The molecule has 1 aliphatic rings. The van der Waals surface area contributed by atoms with Crippen molar-refractivity contribution >= 4 is 0 Å². The van der Waals surface area contributed by atoms with E-state index in [4.69, 9.17) is 14.2 Å². The van der Waals surface area contributed by atoms with Crippen molar-refractivity contribution in [1.29, 1.82) is 0 Å². The molecule has 0 aliphatic carbocycles. The molecule has 0 spiro atoms. The van der Waals surface area contributed by atoms with Crippen LogP contribution in [0.4, 0.5) is 0 Å². The molecule has 0 unspecified atom stereocenters. The summed E-state index contributed by atoms with van der Waals surface area (Å²) in [6, 6.07) is 9.94. The van der Waals surface area contributed by atoms with Crippen LogP contribution in [0, 0.1) is 0 Å². The molecule has 0 amide bonds. The van der Waals surface area contributed by atoms with E-state index in [0.717, 1.165) is 11.1 Å². The highest BCUT2D eigenvalue weighted by Crippen LogP contribution is 2.24. The fourth-order valence-electron chi connectivity index (χ4n) is 2.45. The van der Waals surface area contributed by atoms with Crippen LogP contribution in [0.2, 0.25) is 0 Å². The van der Waals surface area contributed by atoms with Crippen molar-refractivity contribution in [3.8, 4) is 0 Å². The average molecular weight is 306 g/mol. The van der Waals surface area contributed by atoms with Crippen LogP contribution in [0.3, 0.4) is 0 Å². The lowest BCUT2D eigenvalue weighted by Crippen LogP contribution is -2.28. The Morgan fingerprint density at radius 1 is 1.41 bits per heavy atom. The van der Waals surface area contributed by atoms with Gasteiger partial charge in [-0.3, -0.25) is 0 Å². The van der Waals surface area contributed by atoms with Crippen LogP contribution in [0.5, 0.6) is 0 Å². The Labute approximate surface area is 132 Å². The van der Waals surface area contributed by atoms with Gasteiger partial charge in [0.2, 0.25) is 0 Å². The minimum atomic E-state index is -0.656. The normalized spacial score (nSPS) is 24.2. The van der Waals surface area contributed by atoms with E-state index >= 15 is 0 Å². The molecule has 1 aromatic rings. The second kappa shape index (κ2) is 7.38. The van der Waals surface area contributed by atoms with Gasteiger partial charge < -0.3 is 19.3 Å². The average Bonchev–Trinajstić information content (AvgIpc) is 2.83. The highest BCUT2D eigenvalue weighted by molar-refractivity contribution is 5.14. The maximum Gasteiger partial charge on any atom is 0.163 e. The molecule has 1 heterocycles. The zero-order chi connectivity index (χ0) is 16.2. The van der Waals surface area contributed by atoms with E-state index in [9.17, 15) is 5.11 Å². The van der Waals surface area contributed by atoms with Crippen molar-refractivity contribution < 1.29 is 19.3 Å². The lowest BCUT2D eigenvalue weighted by Gasteiger charge is -2.21. The van der Waals surface area contributed by atoms with Gasteiger partial charge in [0.25, 0.3) is 0 Å². The summed E-state index contributed by atoms with van der Waals surface area (Å²) in [5.41, 5.74) is 1.93. The lowest BCUT2D eigenvalue weighted by atomic mass is 10.1. The third-order valence-electron chi connectivity index (χ3n) is 3.75. The first-order valence-electron chi connectivity index (χ1n) is 7.71. The molecule has 0 saturated carbocycles. The minimum absolute atomic E-state index is 0.119. The molecule has 1 N–H and O–H groups in total. The molecule has 4 heteroatoms. The Hall–Kier alpha value is -1.20. The maximum atomic E-state index is 10.4. The quantitative estimate of drug-likeness (QED) is 0.821. The Balaban J connectivity index is 1.85. The van der Waals surface area contributed by atoms with Crippen LogP contribution in [-0.4, -0.2) is 35.8 Å². The molecule has 0 bridgehead atoms. The summed E-state index contributed by atoms with van der Waals surface area (Å²) >= 11 is 0. The molecular formula is C18H26O4. The predicted octanol–water partition coefficient (Wildman–Crippen LogP) is 3.05. The van der Waals surface area contributed by atoms with Crippen LogP contribution in [0.1, 0.15) is 33.3 Å². The summed E-state index contributed by atoms with van der Waals surface area (Å²) in [6.07, 6.45) is 0.857. The largest absolute Gasteiger partial charge is 0.386 e. The molecule has 0 radical (unpaired) electrons. The van der Waals surface area contributed by atoms with Gasteiger partial charge in [-0.2, -0.15) is 0 Å². The number of hydrogen-bond donors (Lipinski definition) is 1. The molecule has 22 heavy (non-hydrogen) atoms. The Morgan fingerprint density at radius 2 is 2.09 bits per heavy atom. The van der Waals surface area contributed by atoms with Gasteiger partial charge in [0.05, 0.1) is 19.3 Å².